The molecule has 2 aromatic rings. The zero-order chi connectivity index (χ0) is 16.5. The Kier molecular flexibility index (Phi) is 3.98. The van der Waals surface area contributed by atoms with Crippen molar-refractivity contribution in [3.05, 3.63) is 65.7 Å². The van der Waals surface area contributed by atoms with Gasteiger partial charge in [-0.05, 0) is 24.6 Å². The molecule has 4 nitrogen and oxygen atoms in total. The van der Waals surface area contributed by atoms with Crippen LogP contribution in [0.15, 0.2) is 59.5 Å². The van der Waals surface area contributed by atoms with E-state index in [1.54, 1.807) is 24.3 Å². The zero-order valence-corrected chi connectivity index (χ0v) is 13.7. The van der Waals surface area contributed by atoms with E-state index in [4.69, 9.17) is 4.74 Å². The summed E-state index contributed by atoms with van der Waals surface area (Å²) in [5.41, 5.74) is 0.623. The highest BCUT2D eigenvalue weighted by atomic mass is 32.2. The maximum absolute atomic E-state index is 12.8. The standard InChI is InChI=1S/C18H18O4S/c1-14-7-9-16(10-8-14)23(20,21)13-18(12-11-17(19)22-18)15-5-3-2-4-6-15/h2-10H,11-13H2,1H3/t18-/m1/s1. The summed E-state index contributed by atoms with van der Waals surface area (Å²) in [4.78, 5) is 11.9. The largest absolute Gasteiger partial charge is 0.453 e. The van der Waals surface area contributed by atoms with Gasteiger partial charge in [-0.1, -0.05) is 48.0 Å². The molecule has 120 valence electrons. The number of esters is 1. The highest BCUT2D eigenvalue weighted by molar-refractivity contribution is 7.91. The van der Waals surface area contributed by atoms with Crippen LogP contribution in [0.25, 0.3) is 0 Å². The molecule has 2 aromatic carbocycles. The first-order valence-electron chi connectivity index (χ1n) is 7.48. The SMILES string of the molecule is Cc1ccc(S(=O)(=O)C[C@@]2(c3ccccc3)CCC(=O)O2)cc1. The van der Waals surface area contributed by atoms with Crippen LogP contribution in [0, 0.1) is 6.92 Å². The third kappa shape index (κ3) is 3.15. The molecule has 0 spiro atoms. The van der Waals surface area contributed by atoms with Crippen LogP contribution in [0.5, 0.6) is 0 Å². The van der Waals surface area contributed by atoms with E-state index in [1.165, 1.54) is 0 Å². The molecule has 1 aliphatic rings. The van der Waals surface area contributed by atoms with Gasteiger partial charge in [0.2, 0.25) is 0 Å². The molecule has 23 heavy (non-hydrogen) atoms. The van der Waals surface area contributed by atoms with Gasteiger partial charge < -0.3 is 4.74 Å². The van der Waals surface area contributed by atoms with Gasteiger partial charge >= 0.3 is 5.97 Å². The molecule has 3 rings (SSSR count). The molecule has 0 aliphatic carbocycles. The first kappa shape index (κ1) is 15.7. The molecular formula is C18H18O4S. The number of aryl methyl sites for hydroxylation is 1. The Hall–Kier alpha value is -2.14. The van der Waals surface area contributed by atoms with Crippen molar-refractivity contribution in [1.82, 2.24) is 0 Å². The first-order valence-corrected chi connectivity index (χ1v) is 9.13. The highest BCUT2D eigenvalue weighted by Crippen LogP contribution is 2.39. The van der Waals surface area contributed by atoms with Crippen LogP contribution in [-0.2, 0) is 25.0 Å². The van der Waals surface area contributed by atoms with Crippen LogP contribution in [0.3, 0.4) is 0 Å². The van der Waals surface area contributed by atoms with E-state index >= 15 is 0 Å². The topological polar surface area (TPSA) is 60.4 Å². The van der Waals surface area contributed by atoms with E-state index < -0.39 is 15.4 Å². The average Bonchev–Trinajstić information content (AvgIpc) is 2.90. The van der Waals surface area contributed by atoms with Gasteiger partial charge in [0.25, 0.3) is 0 Å². The monoisotopic (exact) mass is 330 g/mol. The number of carbonyl (C=O) groups is 1. The fourth-order valence-corrected chi connectivity index (χ4v) is 4.59. The fourth-order valence-electron chi connectivity index (χ4n) is 2.89. The van der Waals surface area contributed by atoms with Crippen LogP contribution < -0.4 is 0 Å². The van der Waals surface area contributed by atoms with E-state index in [-0.39, 0.29) is 23.0 Å². The smallest absolute Gasteiger partial charge is 0.306 e. The van der Waals surface area contributed by atoms with Gasteiger partial charge in [0.05, 0.1) is 10.6 Å². The molecule has 1 atom stereocenters. The zero-order valence-electron chi connectivity index (χ0n) is 12.9. The first-order chi connectivity index (χ1) is 10.9. The maximum Gasteiger partial charge on any atom is 0.306 e. The average molecular weight is 330 g/mol. The van der Waals surface area contributed by atoms with Gasteiger partial charge in [-0.3, -0.25) is 4.79 Å². The number of hydrogen-bond acceptors (Lipinski definition) is 4. The lowest BCUT2D eigenvalue weighted by Gasteiger charge is -2.28. The normalized spacial score (nSPS) is 21.2. The van der Waals surface area contributed by atoms with Crippen molar-refractivity contribution >= 4 is 15.8 Å². The van der Waals surface area contributed by atoms with Crippen LogP contribution >= 0.6 is 0 Å². The molecule has 1 saturated heterocycles. The Bertz CT molecular complexity index is 810. The number of benzene rings is 2. The maximum atomic E-state index is 12.8. The van der Waals surface area contributed by atoms with E-state index in [0.29, 0.717) is 6.42 Å². The Morgan fingerprint density at radius 3 is 2.26 bits per heavy atom. The second-order valence-electron chi connectivity index (χ2n) is 5.91. The summed E-state index contributed by atoms with van der Waals surface area (Å²) in [6, 6.07) is 15.8. The van der Waals surface area contributed by atoms with Crippen molar-refractivity contribution < 1.29 is 17.9 Å². The fraction of sp³-hybridized carbons (Fsp3) is 0.278. The minimum atomic E-state index is -3.57. The van der Waals surface area contributed by atoms with E-state index in [2.05, 4.69) is 0 Å². The van der Waals surface area contributed by atoms with Gasteiger partial charge in [-0.2, -0.15) is 0 Å². The van der Waals surface area contributed by atoms with Crippen molar-refractivity contribution in [3.8, 4) is 0 Å². The second kappa shape index (κ2) is 5.81. The molecule has 0 bridgehead atoms. The van der Waals surface area contributed by atoms with Gasteiger partial charge in [0.1, 0.15) is 0 Å². The van der Waals surface area contributed by atoms with Crippen molar-refractivity contribution in [1.29, 1.82) is 0 Å². The lowest BCUT2D eigenvalue weighted by Crippen LogP contribution is -2.34. The molecule has 1 fully saturated rings. The molecule has 0 aromatic heterocycles. The predicted molar refractivity (Wildman–Crippen MR) is 86.7 cm³/mol. The molecular weight excluding hydrogens is 312 g/mol. The Morgan fingerprint density at radius 1 is 1.04 bits per heavy atom. The van der Waals surface area contributed by atoms with Crippen molar-refractivity contribution in [2.45, 2.75) is 30.3 Å². The summed E-state index contributed by atoms with van der Waals surface area (Å²) in [6.45, 7) is 1.90. The highest BCUT2D eigenvalue weighted by Gasteiger charge is 2.45. The van der Waals surface area contributed by atoms with Crippen molar-refractivity contribution in [2.24, 2.45) is 0 Å². The second-order valence-corrected chi connectivity index (χ2v) is 7.90. The molecule has 0 radical (unpaired) electrons. The summed E-state index contributed by atoms with van der Waals surface area (Å²) in [7, 11) is -3.57. The summed E-state index contributed by atoms with van der Waals surface area (Å²) < 4.78 is 31.1. The minimum Gasteiger partial charge on any atom is -0.453 e. The predicted octanol–water partition coefficient (Wildman–Crippen LogP) is 3.00. The van der Waals surface area contributed by atoms with Crippen LogP contribution in [-0.4, -0.2) is 20.1 Å². The Labute approximate surface area is 136 Å². The number of carbonyl (C=O) groups excluding carboxylic acids is 1. The van der Waals surface area contributed by atoms with E-state index in [1.807, 2.05) is 37.3 Å². The molecule has 0 unspecified atom stereocenters. The number of rotatable bonds is 4. The summed E-state index contributed by atoms with van der Waals surface area (Å²) in [5.74, 6) is -0.591. The molecule has 0 amide bonds. The van der Waals surface area contributed by atoms with Crippen LogP contribution in [0.2, 0.25) is 0 Å². The third-order valence-corrected chi connectivity index (χ3v) is 5.98. The van der Waals surface area contributed by atoms with Crippen molar-refractivity contribution in [3.63, 3.8) is 0 Å². The number of sulfone groups is 1. The Morgan fingerprint density at radius 2 is 1.70 bits per heavy atom. The third-order valence-electron chi connectivity index (χ3n) is 4.15. The van der Waals surface area contributed by atoms with E-state index in [9.17, 15) is 13.2 Å². The Balaban J connectivity index is 1.99. The quantitative estimate of drug-likeness (QED) is 0.809. The van der Waals surface area contributed by atoms with E-state index in [0.717, 1.165) is 11.1 Å². The van der Waals surface area contributed by atoms with Crippen molar-refractivity contribution in [2.75, 3.05) is 5.75 Å². The summed E-state index contributed by atoms with van der Waals surface area (Å²) in [6.07, 6.45) is 0.610. The summed E-state index contributed by atoms with van der Waals surface area (Å²) in [5, 5.41) is 0. The molecule has 5 heteroatoms. The van der Waals surface area contributed by atoms with Gasteiger partial charge in [0, 0.05) is 12.8 Å². The lowest BCUT2D eigenvalue weighted by atomic mass is 9.93. The molecule has 0 saturated carbocycles. The van der Waals surface area contributed by atoms with Crippen LogP contribution in [0.1, 0.15) is 24.0 Å². The molecule has 1 aliphatic heterocycles. The summed E-state index contributed by atoms with van der Waals surface area (Å²) >= 11 is 0. The molecule has 1 heterocycles. The minimum absolute atomic E-state index is 0.234. The van der Waals surface area contributed by atoms with Gasteiger partial charge in [-0.15, -0.1) is 0 Å². The molecule has 0 N–H and O–H groups in total. The lowest BCUT2D eigenvalue weighted by molar-refractivity contribution is -0.147. The van der Waals surface area contributed by atoms with Crippen LogP contribution in [0.4, 0.5) is 0 Å². The number of hydrogen-bond donors (Lipinski definition) is 0. The van der Waals surface area contributed by atoms with Gasteiger partial charge in [0.15, 0.2) is 15.4 Å². The van der Waals surface area contributed by atoms with Gasteiger partial charge in [-0.25, -0.2) is 8.42 Å². The number of cyclic esters (lactones) is 1. The number of ether oxygens (including phenoxy) is 1.